The number of hydrogen-bond donors (Lipinski definition) is 4. The summed E-state index contributed by atoms with van der Waals surface area (Å²) in [4.78, 5) is 37.9. The highest BCUT2D eigenvalue weighted by atomic mass is 16.5. The SMILES string of the molecule is CC(=O)N(c1ccc(-c2ccccc2)cc1)c1nc2c(=O)[nH]c(N)nc2n1C1CC(O)C(CO)O1. The van der Waals surface area contributed by atoms with E-state index in [4.69, 9.17) is 10.5 Å². The Morgan fingerprint density at radius 3 is 2.49 bits per heavy atom. The minimum atomic E-state index is -0.953. The number of fused-ring (bicyclic) bond motifs is 1. The summed E-state index contributed by atoms with van der Waals surface area (Å²) in [5.74, 6) is -0.413. The van der Waals surface area contributed by atoms with E-state index >= 15 is 0 Å². The fourth-order valence-electron chi connectivity index (χ4n) is 4.32. The van der Waals surface area contributed by atoms with Crippen molar-refractivity contribution in [2.75, 3.05) is 17.2 Å². The molecule has 2 aromatic carbocycles. The smallest absolute Gasteiger partial charge is 0.280 e. The Labute approximate surface area is 199 Å². The molecule has 5 rings (SSSR count). The number of amides is 1. The summed E-state index contributed by atoms with van der Waals surface area (Å²) in [6, 6.07) is 17.1. The summed E-state index contributed by atoms with van der Waals surface area (Å²) in [5, 5.41) is 19.9. The van der Waals surface area contributed by atoms with Gasteiger partial charge in [0.1, 0.15) is 12.3 Å². The van der Waals surface area contributed by atoms with Crippen molar-refractivity contribution in [3.63, 3.8) is 0 Å². The van der Waals surface area contributed by atoms with E-state index in [9.17, 15) is 19.8 Å². The van der Waals surface area contributed by atoms with Crippen molar-refractivity contribution in [3.8, 4) is 11.1 Å². The van der Waals surface area contributed by atoms with Crippen molar-refractivity contribution in [2.24, 2.45) is 0 Å². The van der Waals surface area contributed by atoms with Crippen molar-refractivity contribution >= 4 is 34.7 Å². The zero-order chi connectivity index (χ0) is 24.7. The lowest BCUT2D eigenvalue weighted by Gasteiger charge is -2.24. The second-order valence-corrected chi connectivity index (χ2v) is 8.29. The number of nitrogens with one attached hydrogen (secondary N) is 1. The molecular weight excluding hydrogens is 452 g/mol. The van der Waals surface area contributed by atoms with Gasteiger partial charge in [-0.15, -0.1) is 0 Å². The zero-order valence-corrected chi connectivity index (χ0v) is 18.8. The van der Waals surface area contributed by atoms with E-state index < -0.39 is 30.6 Å². The lowest BCUT2D eigenvalue weighted by molar-refractivity contribution is -0.116. The minimum absolute atomic E-state index is 0.0353. The predicted molar refractivity (Wildman–Crippen MR) is 129 cm³/mol. The third kappa shape index (κ3) is 4.05. The fraction of sp³-hybridized carbons (Fsp3) is 0.250. The largest absolute Gasteiger partial charge is 0.394 e. The summed E-state index contributed by atoms with van der Waals surface area (Å²) in [7, 11) is 0. The molecule has 11 nitrogen and oxygen atoms in total. The van der Waals surface area contributed by atoms with Crippen LogP contribution in [0.4, 0.5) is 17.6 Å². The molecule has 11 heteroatoms. The number of nitrogens with two attached hydrogens (primary N) is 1. The maximum atomic E-state index is 12.9. The van der Waals surface area contributed by atoms with E-state index in [2.05, 4.69) is 15.0 Å². The van der Waals surface area contributed by atoms with Gasteiger partial charge in [0, 0.05) is 13.3 Å². The number of nitrogen functional groups attached to an aromatic ring is 1. The molecule has 4 aromatic rings. The van der Waals surface area contributed by atoms with Crippen LogP contribution in [0.2, 0.25) is 0 Å². The number of aromatic nitrogens is 4. The summed E-state index contributed by atoms with van der Waals surface area (Å²) < 4.78 is 7.30. The van der Waals surface area contributed by atoms with Gasteiger partial charge in [-0.05, 0) is 23.3 Å². The van der Waals surface area contributed by atoms with Gasteiger partial charge in [0.25, 0.3) is 5.56 Å². The van der Waals surface area contributed by atoms with Crippen molar-refractivity contribution in [3.05, 3.63) is 65.0 Å². The average molecular weight is 476 g/mol. The lowest BCUT2D eigenvalue weighted by atomic mass is 10.1. The molecule has 0 bridgehead atoms. The van der Waals surface area contributed by atoms with E-state index in [0.29, 0.717) is 5.69 Å². The summed E-state index contributed by atoms with van der Waals surface area (Å²) in [5.41, 5.74) is 7.77. The number of aliphatic hydroxyl groups excluding tert-OH is 2. The molecule has 1 aliphatic heterocycles. The fourth-order valence-corrected chi connectivity index (χ4v) is 4.32. The number of hydrogen-bond acceptors (Lipinski definition) is 8. The molecule has 1 fully saturated rings. The molecule has 180 valence electrons. The lowest BCUT2D eigenvalue weighted by Crippen LogP contribution is -2.28. The van der Waals surface area contributed by atoms with Gasteiger partial charge in [-0.3, -0.25) is 24.0 Å². The normalized spacial score (nSPS) is 19.8. The second-order valence-electron chi connectivity index (χ2n) is 8.29. The standard InChI is InChI=1S/C24H24N6O5/c1-13(32)29(16-9-7-15(8-10-16)14-5-3-2-4-6-14)24-26-20-21(27-23(25)28-22(20)34)30(24)19-11-17(33)18(12-31)35-19/h2-10,17-19,31,33H,11-12H2,1H3,(H3,25,27,28,34). The number of imidazole rings is 1. The summed E-state index contributed by atoms with van der Waals surface area (Å²) in [6.45, 7) is 0.981. The molecular formula is C24H24N6O5. The Kier molecular flexibility index (Phi) is 5.81. The zero-order valence-electron chi connectivity index (χ0n) is 18.8. The number of carbonyl (C=O) groups excluding carboxylic acids is 1. The molecule has 5 N–H and O–H groups in total. The number of aromatic amines is 1. The van der Waals surface area contributed by atoms with Crippen LogP contribution in [0.3, 0.4) is 0 Å². The number of anilines is 3. The van der Waals surface area contributed by atoms with E-state index in [1.165, 1.54) is 16.4 Å². The highest BCUT2D eigenvalue weighted by molar-refractivity contribution is 5.99. The van der Waals surface area contributed by atoms with Crippen molar-refractivity contribution in [1.29, 1.82) is 0 Å². The first-order valence-electron chi connectivity index (χ1n) is 11.1. The van der Waals surface area contributed by atoms with Crippen molar-refractivity contribution in [2.45, 2.75) is 31.8 Å². The Morgan fingerprint density at radius 2 is 1.86 bits per heavy atom. The first kappa shape index (κ1) is 22.7. The van der Waals surface area contributed by atoms with Gasteiger partial charge in [-0.1, -0.05) is 42.5 Å². The van der Waals surface area contributed by atoms with Crippen molar-refractivity contribution < 1.29 is 19.7 Å². The van der Waals surface area contributed by atoms with Crippen LogP contribution in [0.5, 0.6) is 0 Å². The summed E-state index contributed by atoms with van der Waals surface area (Å²) >= 11 is 0. The Morgan fingerprint density at radius 1 is 1.17 bits per heavy atom. The number of aliphatic hydroxyl groups is 2. The van der Waals surface area contributed by atoms with Crippen LogP contribution >= 0.6 is 0 Å². The monoisotopic (exact) mass is 476 g/mol. The maximum Gasteiger partial charge on any atom is 0.280 e. The Balaban J connectivity index is 1.66. The summed E-state index contributed by atoms with van der Waals surface area (Å²) in [6.07, 6.45) is -2.54. The molecule has 0 radical (unpaired) electrons. The van der Waals surface area contributed by atoms with Crippen LogP contribution in [0.25, 0.3) is 22.3 Å². The van der Waals surface area contributed by atoms with Gasteiger partial charge in [0.2, 0.25) is 17.8 Å². The minimum Gasteiger partial charge on any atom is -0.394 e. The number of H-pyrrole nitrogens is 1. The first-order valence-corrected chi connectivity index (χ1v) is 11.1. The van der Waals surface area contributed by atoms with Gasteiger partial charge < -0.3 is 20.7 Å². The Bertz CT molecular complexity index is 1430. The van der Waals surface area contributed by atoms with Crippen LogP contribution in [-0.2, 0) is 9.53 Å². The van der Waals surface area contributed by atoms with Crippen LogP contribution in [0, 0.1) is 0 Å². The van der Waals surface area contributed by atoms with Gasteiger partial charge in [-0.2, -0.15) is 4.98 Å². The van der Waals surface area contributed by atoms with Gasteiger partial charge in [0.15, 0.2) is 11.2 Å². The first-order chi connectivity index (χ1) is 16.9. The average Bonchev–Trinajstić information content (AvgIpc) is 3.40. The predicted octanol–water partition coefficient (Wildman–Crippen LogP) is 1.69. The van der Waals surface area contributed by atoms with Crippen molar-refractivity contribution in [1.82, 2.24) is 19.5 Å². The highest BCUT2D eigenvalue weighted by Crippen LogP contribution is 2.37. The molecule has 0 saturated carbocycles. The van der Waals surface area contributed by atoms with Gasteiger partial charge in [-0.25, -0.2) is 4.98 Å². The number of rotatable bonds is 5. The highest BCUT2D eigenvalue weighted by Gasteiger charge is 2.38. The molecule has 2 aromatic heterocycles. The molecule has 1 saturated heterocycles. The molecule has 3 heterocycles. The molecule has 3 atom stereocenters. The molecule has 0 aliphatic carbocycles. The van der Waals surface area contributed by atoms with Crippen LogP contribution in [0.15, 0.2) is 59.4 Å². The molecule has 0 spiro atoms. The third-order valence-corrected chi connectivity index (χ3v) is 5.97. The topological polar surface area (TPSA) is 160 Å². The van der Waals surface area contributed by atoms with E-state index in [-0.39, 0.29) is 35.4 Å². The number of nitrogens with zero attached hydrogens (tertiary/aromatic N) is 4. The Hall–Kier alpha value is -4.06. The third-order valence-electron chi connectivity index (χ3n) is 5.97. The number of benzene rings is 2. The molecule has 1 aliphatic rings. The maximum absolute atomic E-state index is 12.9. The van der Waals surface area contributed by atoms with E-state index in [1.54, 1.807) is 12.1 Å². The quantitative estimate of drug-likeness (QED) is 0.339. The van der Waals surface area contributed by atoms with Crippen LogP contribution in [0.1, 0.15) is 19.6 Å². The number of ether oxygens (including phenoxy) is 1. The molecule has 1 amide bonds. The van der Waals surface area contributed by atoms with E-state index in [1.807, 2.05) is 42.5 Å². The van der Waals surface area contributed by atoms with Crippen LogP contribution < -0.4 is 16.2 Å². The van der Waals surface area contributed by atoms with Gasteiger partial charge >= 0.3 is 0 Å². The van der Waals surface area contributed by atoms with Crippen LogP contribution in [-0.4, -0.2) is 54.5 Å². The van der Waals surface area contributed by atoms with Gasteiger partial charge in [0.05, 0.1) is 18.4 Å². The number of carbonyl (C=O) groups is 1. The molecule has 3 unspecified atom stereocenters. The second kappa shape index (κ2) is 8.95. The van der Waals surface area contributed by atoms with E-state index in [0.717, 1.165) is 11.1 Å². The molecule has 35 heavy (non-hydrogen) atoms.